The Morgan fingerprint density at radius 3 is 1.70 bits per heavy atom. The number of hydrogen-bond acceptors (Lipinski definition) is 3. The first kappa shape index (κ1) is 6.57. The Hall–Kier alpha value is -0.130. The van der Waals surface area contributed by atoms with Gasteiger partial charge in [-0.25, -0.2) is 13.6 Å². The van der Waals surface area contributed by atoms with Crippen molar-refractivity contribution in [2.45, 2.75) is 29.5 Å². The van der Waals surface area contributed by atoms with Crippen LogP contribution in [0.3, 0.4) is 0 Å². The molecule has 3 fully saturated rings. The maximum absolute atomic E-state index is 10.8. The Kier molecular flexibility index (Phi) is 0.829. The molecular formula is C5H10N2O2S. The van der Waals surface area contributed by atoms with E-state index < -0.39 is 14.8 Å². The molecule has 0 heterocycles. The zero-order chi connectivity index (χ0) is 7.62. The number of sulfonamides is 1. The highest BCUT2D eigenvalue weighted by molar-refractivity contribution is 7.90. The molecule has 58 valence electrons. The Balaban J connectivity index is 2.27. The Morgan fingerprint density at radius 2 is 1.60 bits per heavy atom. The molecule has 4 nitrogen and oxygen atoms in total. The van der Waals surface area contributed by atoms with E-state index in [0.717, 1.165) is 0 Å². The molecule has 0 amide bonds. The van der Waals surface area contributed by atoms with Crippen LogP contribution in [0.4, 0.5) is 0 Å². The predicted molar refractivity (Wildman–Crippen MR) is 36.6 cm³/mol. The summed E-state index contributed by atoms with van der Waals surface area (Å²) in [6.45, 7) is 0. The molecule has 0 atom stereocenters. The zero-order valence-corrected chi connectivity index (χ0v) is 6.32. The Morgan fingerprint density at radius 1 is 1.20 bits per heavy atom. The van der Waals surface area contributed by atoms with Crippen LogP contribution >= 0.6 is 0 Å². The molecule has 3 aliphatic carbocycles. The maximum Gasteiger partial charge on any atom is 0.215 e. The molecule has 0 aliphatic heterocycles. The van der Waals surface area contributed by atoms with Crippen LogP contribution in [0.2, 0.25) is 0 Å². The zero-order valence-electron chi connectivity index (χ0n) is 5.50. The first-order valence-corrected chi connectivity index (χ1v) is 4.73. The van der Waals surface area contributed by atoms with E-state index in [4.69, 9.17) is 10.9 Å². The summed E-state index contributed by atoms with van der Waals surface area (Å²) in [5.41, 5.74) is 5.48. The summed E-state index contributed by atoms with van der Waals surface area (Å²) in [6, 6.07) is 0. The number of primary sulfonamides is 1. The lowest BCUT2D eigenvalue weighted by Gasteiger charge is -2.66. The first-order chi connectivity index (χ1) is 4.37. The molecule has 0 aromatic carbocycles. The van der Waals surface area contributed by atoms with Gasteiger partial charge in [-0.3, -0.25) is 0 Å². The van der Waals surface area contributed by atoms with Crippen LogP contribution in [-0.2, 0) is 10.0 Å². The molecule has 0 aromatic heterocycles. The van der Waals surface area contributed by atoms with Gasteiger partial charge >= 0.3 is 0 Å². The fourth-order valence-corrected chi connectivity index (χ4v) is 3.54. The van der Waals surface area contributed by atoms with Crippen molar-refractivity contribution in [3.63, 3.8) is 0 Å². The minimum atomic E-state index is -3.32. The second-order valence-electron chi connectivity index (χ2n) is 3.62. The Labute approximate surface area is 59.6 Å². The molecule has 10 heavy (non-hydrogen) atoms. The van der Waals surface area contributed by atoms with Gasteiger partial charge in [0.05, 0.1) is 4.75 Å². The molecule has 0 unspecified atom stereocenters. The lowest BCUT2D eigenvalue weighted by molar-refractivity contribution is 0.00971. The molecule has 5 heteroatoms. The molecule has 0 radical (unpaired) electrons. The number of rotatable bonds is 1. The SMILES string of the molecule is NC12CC(S(N)(=O)=O)(C1)C2. The smallest absolute Gasteiger partial charge is 0.215 e. The van der Waals surface area contributed by atoms with Gasteiger partial charge in [-0.1, -0.05) is 0 Å². The largest absolute Gasteiger partial charge is 0.325 e. The molecule has 2 bridgehead atoms. The normalized spacial score (nSPS) is 51.4. The van der Waals surface area contributed by atoms with Gasteiger partial charge < -0.3 is 5.73 Å². The standard InChI is InChI=1S/C5H10N2O2S/c6-4-1-5(2-4,3-4)10(7,8)9/h1-3,6H2,(H2,7,8,9). The topological polar surface area (TPSA) is 86.2 Å². The van der Waals surface area contributed by atoms with E-state index in [0.29, 0.717) is 19.3 Å². The fraction of sp³-hybridized carbons (Fsp3) is 1.00. The van der Waals surface area contributed by atoms with Gasteiger partial charge in [0.25, 0.3) is 0 Å². The van der Waals surface area contributed by atoms with Crippen LogP contribution in [0, 0.1) is 0 Å². The predicted octanol–water partition coefficient (Wildman–Crippen LogP) is -1.09. The van der Waals surface area contributed by atoms with Crippen molar-refractivity contribution in [2.24, 2.45) is 10.9 Å². The lowest BCUT2D eigenvalue weighted by atomic mass is 9.49. The number of nitrogens with two attached hydrogens (primary N) is 2. The molecular weight excluding hydrogens is 152 g/mol. The molecule has 3 saturated carbocycles. The molecule has 0 saturated heterocycles. The van der Waals surface area contributed by atoms with E-state index in [-0.39, 0.29) is 5.54 Å². The van der Waals surface area contributed by atoms with Crippen molar-refractivity contribution in [2.75, 3.05) is 0 Å². The third kappa shape index (κ3) is 0.514. The minimum absolute atomic E-state index is 0.174. The van der Waals surface area contributed by atoms with Gasteiger partial charge in [-0.15, -0.1) is 0 Å². The van der Waals surface area contributed by atoms with Crippen LogP contribution in [0.25, 0.3) is 0 Å². The highest BCUT2D eigenvalue weighted by atomic mass is 32.2. The fourth-order valence-electron chi connectivity index (χ4n) is 2.07. The summed E-state index contributed by atoms with van der Waals surface area (Å²) in [4.78, 5) is 0. The van der Waals surface area contributed by atoms with E-state index >= 15 is 0 Å². The summed E-state index contributed by atoms with van der Waals surface area (Å²) in [6.07, 6.45) is 1.70. The Bertz CT molecular complexity index is 262. The van der Waals surface area contributed by atoms with Crippen LogP contribution in [0.1, 0.15) is 19.3 Å². The van der Waals surface area contributed by atoms with Gasteiger partial charge in [0.15, 0.2) is 0 Å². The number of hydrogen-bond donors (Lipinski definition) is 2. The van der Waals surface area contributed by atoms with Crippen molar-refractivity contribution in [1.29, 1.82) is 0 Å². The highest BCUT2D eigenvalue weighted by Crippen LogP contribution is 2.62. The quantitative estimate of drug-likeness (QED) is 0.513. The highest BCUT2D eigenvalue weighted by Gasteiger charge is 2.71. The first-order valence-electron chi connectivity index (χ1n) is 3.18. The van der Waals surface area contributed by atoms with Crippen LogP contribution < -0.4 is 10.9 Å². The second kappa shape index (κ2) is 1.26. The minimum Gasteiger partial charge on any atom is -0.325 e. The molecule has 3 aliphatic rings. The monoisotopic (exact) mass is 162 g/mol. The molecule has 4 N–H and O–H groups in total. The average Bonchev–Trinajstić information content (AvgIpc) is 1.51. The summed E-state index contributed by atoms with van der Waals surface area (Å²) < 4.78 is 21.1. The lowest BCUT2D eigenvalue weighted by Crippen LogP contribution is -2.80. The van der Waals surface area contributed by atoms with Crippen molar-refractivity contribution < 1.29 is 8.42 Å². The van der Waals surface area contributed by atoms with E-state index in [9.17, 15) is 8.42 Å². The van der Waals surface area contributed by atoms with Crippen molar-refractivity contribution in [3.05, 3.63) is 0 Å². The third-order valence-corrected chi connectivity index (χ3v) is 4.27. The summed E-state index contributed by atoms with van der Waals surface area (Å²) in [5.74, 6) is 0. The molecule has 3 rings (SSSR count). The van der Waals surface area contributed by atoms with Crippen LogP contribution in [-0.4, -0.2) is 18.7 Å². The van der Waals surface area contributed by atoms with Crippen molar-refractivity contribution in [3.8, 4) is 0 Å². The van der Waals surface area contributed by atoms with E-state index in [1.807, 2.05) is 0 Å². The van der Waals surface area contributed by atoms with E-state index in [1.54, 1.807) is 0 Å². The third-order valence-electron chi connectivity index (χ3n) is 2.63. The van der Waals surface area contributed by atoms with Gasteiger partial charge in [-0.05, 0) is 19.3 Å². The average molecular weight is 162 g/mol. The van der Waals surface area contributed by atoms with E-state index in [2.05, 4.69) is 0 Å². The summed E-state index contributed by atoms with van der Waals surface area (Å²) in [5, 5.41) is 4.99. The van der Waals surface area contributed by atoms with E-state index in [1.165, 1.54) is 0 Å². The van der Waals surface area contributed by atoms with Crippen LogP contribution in [0.5, 0.6) is 0 Å². The second-order valence-corrected chi connectivity index (χ2v) is 5.58. The van der Waals surface area contributed by atoms with Crippen molar-refractivity contribution >= 4 is 10.0 Å². The van der Waals surface area contributed by atoms with Gasteiger partial charge in [-0.2, -0.15) is 0 Å². The molecule has 0 aromatic rings. The maximum atomic E-state index is 10.8. The summed E-state index contributed by atoms with van der Waals surface area (Å²) in [7, 11) is -3.32. The molecule has 0 spiro atoms. The van der Waals surface area contributed by atoms with Crippen LogP contribution in [0.15, 0.2) is 0 Å². The van der Waals surface area contributed by atoms with Crippen molar-refractivity contribution in [1.82, 2.24) is 0 Å². The van der Waals surface area contributed by atoms with Gasteiger partial charge in [0.2, 0.25) is 10.0 Å². The summed E-state index contributed by atoms with van der Waals surface area (Å²) >= 11 is 0. The van der Waals surface area contributed by atoms with Gasteiger partial charge in [0, 0.05) is 5.54 Å². The van der Waals surface area contributed by atoms with Gasteiger partial charge in [0.1, 0.15) is 0 Å².